The highest BCUT2D eigenvalue weighted by atomic mass is 19.1. The highest BCUT2D eigenvalue weighted by Crippen LogP contribution is 2.22. The fourth-order valence-corrected chi connectivity index (χ4v) is 1.65. The second kappa shape index (κ2) is 4.49. The third-order valence-corrected chi connectivity index (χ3v) is 2.46. The van der Waals surface area contributed by atoms with Crippen molar-refractivity contribution < 1.29 is 19.0 Å². The normalized spacial score (nSPS) is 20.0. The van der Waals surface area contributed by atoms with Crippen molar-refractivity contribution in [3.8, 4) is 0 Å². The molecule has 16 heavy (non-hydrogen) atoms. The van der Waals surface area contributed by atoms with Crippen LogP contribution in [0, 0.1) is 5.82 Å². The Morgan fingerprint density at radius 2 is 2.12 bits per heavy atom. The maximum atomic E-state index is 12.7. The van der Waals surface area contributed by atoms with Gasteiger partial charge in [-0.05, 0) is 24.3 Å². The van der Waals surface area contributed by atoms with Crippen LogP contribution in [0.3, 0.4) is 0 Å². The molecule has 86 valence electrons. The Hall–Kier alpha value is -1.62. The molecule has 1 fully saturated rings. The van der Waals surface area contributed by atoms with E-state index in [-0.39, 0.29) is 18.5 Å². The predicted octanol–water partition coefficient (Wildman–Crippen LogP) is 1.53. The SMILES string of the molecule is O=C1OC(CCO)CN1c1ccc(F)cc1. The summed E-state index contributed by atoms with van der Waals surface area (Å²) in [7, 11) is 0. The van der Waals surface area contributed by atoms with Gasteiger partial charge in [-0.25, -0.2) is 9.18 Å². The van der Waals surface area contributed by atoms with Crippen LogP contribution in [0.1, 0.15) is 6.42 Å². The zero-order valence-corrected chi connectivity index (χ0v) is 8.60. The minimum atomic E-state index is -0.454. The molecule has 0 saturated carbocycles. The summed E-state index contributed by atoms with van der Waals surface area (Å²) in [5, 5.41) is 8.75. The number of carbonyl (C=O) groups excluding carboxylic acids is 1. The quantitative estimate of drug-likeness (QED) is 0.848. The Morgan fingerprint density at radius 1 is 1.44 bits per heavy atom. The molecule has 5 heteroatoms. The molecule has 1 aliphatic heterocycles. The van der Waals surface area contributed by atoms with Crippen molar-refractivity contribution in [3.63, 3.8) is 0 Å². The summed E-state index contributed by atoms with van der Waals surface area (Å²) in [5.41, 5.74) is 0.604. The number of nitrogens with zero attached hydrogens (tertiary/aromatic N) is 1. The van der Waals surface area contributed by atoms with Crippen LogP contribution in [0.2, 0.25) is 0 Å². The topological polar surface area (TPSA) is 49.8 Å². The number of anilines is 1. The number of rotatable bonds is 3. The molecule has 0 spiro atoms. The standard InChI is InChI=1S/C11H12FNO3/c12-8-1-3-9(4-2-8)13-7-10(5-6-14)16-11(13)15/h1-4,10,14H,5-7H2. The first kappa shape index (κ1) is 10.9. The Morgan fingerprint density at radius 3 is 2.75 bits per heavy atom. The number of hydrogen-bond acceptors (Lipinski definition) is 3. The summed E-state index contributed by atoms with van der Waals surface area (Å²) >= 11 is 0. The summed E-state index contributed by atoms with van der Waals surface area (Å²) in [5.74, 6) is -0.344. The number of benzene rings is 1. The second-order valence-corrected chi connectivity index (χ2v) is 3.61. The van der Waals surface area contributed by atoms with Crippen molar-refractivity contribution >= 4 is 11.8 Å². The Labute approximate surface area is 92.2 Å². The van der Waals surface area contributed by atoms with Gasteiger partial charge in [0.15, 0.2) is 0 Å². The van der Waals surface area contributed by atoms with Crippen LogP contribution in [-0.4, -0.2) is 30.5 Å². The van der Waals surface area contributed by atoms with Gasteiger partial charge in [-0.2, -0.15) is 0 Å². The van der Waals surface area contributed by atoms with Gasteiger partial charge in [0.1, 0.15) is 11.9 Å². The van der Waals surface area contributed by atoms with E-state index in [1.807, 2.05) is 0 Å². The highest BCUT2D eigenvalue weighted by Gasteiger charge is 2.31. The van der Waals surface area contributed by atoms with E-state index in [9.17, 15) is 9.18 Å². The lowest BCUT2D eigenvalue weighted by atomic mass is 10.2. The van der Waals surface area contributed by atoms with E-state index in [1.54, 1.807) is 0 Å². The molecular weight excluding hydrogens is 213 g/mol. The van der Waals surface area contributed by atoms with Crippen molar-refractivity contribution in [3.05, 3.63) is 30.1 Å². The molecule has 1 amide bonds. The van der Waals surface area contributed by atoms with Gasteiger partial charge in [-0.1, -0.05) is 0 Å². The maximum absolute atomic E-state index is 12.7. The molecule has 1 atom stereocenters. The molecule has 0 aliphatic carbocycles. The van der Waals surface area contributed by atoms with E-state index < -0.39 is 6.09 Å². The predicted molar refractivity (Wildman–Crippen MR) is 55.7 cm³/mol. The molecular formula is C11H12FNO3. The Bertz CT molecular complexity index is 379. The van der Waals surface area contributed by atoms with Crippen molar-refractivity contribution in [1.82, 2.24) is 0 Å². The number of aliphatic hydroxyl groups excluding tert-OH is 1. The van der Waals surface area contributed by atoms with Gasteiger partial charge in [0.2, 0.25) is 0 Å². The zero-order chi connectivity index (χ0) is 11.5. The van der Waals surface area contributed by atoms with E-state index in [4.69, 9.17) is 9.84 Å². The lowest BCUT2D eigenvalue weighted by Crippen LogP contribution is -2.24. The van der Waals surface area contributed by atoms with E-state index in [0.717, 1.165) is 0 Å². The van der Waals surface area contributed by atoms with Gasteiger partial charge < -0.3 is 9.84 Å². The van der Waals surface area contributed by atoms with Crippen molar-refractivity contribution in [2.75, 3.05) is 18.1 Å². The summed E-state index contributed by atoms with van der Waals surface area (Å²) in [6.45, 7) is 0.375. The highest BCUT2D eigenvalue weighted by molar-refractivity contribution is 5.89. The minimum Gasteiger partial charge on any atom is -0.444 e. The van der Waals surface area contributed by atoms with Gasteiger partial charge in [0, 0.05) is 18.7 Å². The molecule has 1 saturated heterocycles. The number of hydrogen-bond donors (Lipinski definition) is 1. The number of amides is 1. The fraction of sp³-hybridized carbons (Fsp3) is 0.364. The zero-order valence-electron chi connectivity index (χ0n) is 8.60. The van der Waals surface area contributed by atoms with Gasteiger partial charge in [0.05, 0.1) is 6.54 Å². The first-order valence-corrected chi connectivity index (χ1v) is 5.05. The van der Waals surface area contributed by atoms with Crippen LogP contribution < -0.4 is 4.90 Å². The molecule has 4 nitrogen and oxygen atoms in total. The van der Waals surface area contributed by atoms with E-state index >= 15 is 0 Å². The van der Waals surface area contributed by atoms with Crippen LogP contribution in [0.4, 0.5) is 14.9 Å². The van der Waals surface area contributed by atoms with E-state index in [2.05, 4.69) is 0 Å². The van der Waals surface area contributed by atoms with Crippen LogP contribution in [0.5, 0.6) is 0 Å². The average Bonchev–Trinajstić information content (AvgIpc) is 2.61. The summed E-state index contributed by atoms with van der Waals surface area (Å²) in [6, 6.07) is 5.64. The van der Waals surface area contributed by atoms with Gasteiger partial charge in [-0.3, -0.25) is 4.90 Å². The number of ether oxygens (including phenoxy) is 1. The number of aliphatic hydroxyl groups is 1. The fourth-order valence-electron chi connectivity index (χ4n) is 1.65. The van der Waals surface area contributed by atoms with Crippen LogP contribution in [-0.2, 0) is 4.74 Å². The van der Waals surface area contributed by atoms with E-state index in [0.29, 0.717) is 18.7 Å². The molecule has 0 radical (unpaired) electrons. The Balaban J connectivity index is 2.10. The third kappa shape index (κ3) is 2.14. The number of carbonyl (C=O) groups is 1. The number of cyclic esters (lactones) is 1. The minimum absolute atomic E-state index is 0.0186. The largest absolute Gasteiger partial charge is 0.444 e. The monoisotopic (exact) mass is 225 g/mol. The summed E-state index contributed by atoms with van der Waals surface area (Å²) < 4.78 is 17.7. The van der Waals surface area contributed by atoms with Crippen molar-refractivity contribution in [2.45, 2.75) is 12.5 Å². The molecule has 1 aromatic carbocycles. The molecule has 0 aromatic heterocycles. The average molecular weight is 225 g/mol. The van der Waals surface area contributed by atoms with Gasteiger partial charge in [-0.15, -0.1) is 0 Å². The lowest BCUT2D eigenvalue weighted by Gasteiger charge is -2.12. The molecule has 1 unspecified atom stereocenters. The lowest BCUT2D eigenvalue weighted by molar-refractivity contribution is 0.122. The van der Waals surface area contributed by atoms with Crippen LogP contribution >= 0.6 is 0 Å². The molecule has 0 bridgehead atoms. The van der Waals surface area contributed by atoms with Gasteiger partial charge >= 0.3 is 6.09 Å². The van der Waals surface area contributed by atoms with Gasteiger partial charge in [0.25, 0.3) is 0 Å². The molecule has 1 aliphatic rings. The summed E-state index contributed by atoms with van der Waals surface area (Å²) in [6.07, 6.45) is -0.323. The number of halogens is 1. The maximum Gasteiger partial charge on any atom is 0.414 e. The molecule has 1 N–H and O–H groups in total. The van der Waals surface area contributed by atoms with Crippen LogP contribution in [0.25, 0.3) is 0 Å². The third-order valence-electron chi connectivity index (χ3n) is 2.46. The van der Waals surface area contributed by atoms with Crippen molar-refractivity contribution in [2.24, 2.45) is 0 Å². The Kier molecular flexibility index (Phi) is 3.05. The molecule has 2 rings (SSSR count). The van der Waals surface area contributed by atoms with Crippen molar-refractivity contribution in [1.29, 1.82) is 0 Å². The van der Waals surface area contributed by atoms with E-state index in [1.165, 1.54) is 29.2 Å². The first-order valence-electron chi connectivity index (χ1n) is 5.05. The molecule has 1 aromatic rings. The first-order chi connectivity index (χ1) is 7.70. The summed E-state index contributed by atoms with van der Waals surface area (Å²) in [4.78, 5) is 12.9. The van der Waals surface area contributed by atoms with Crippen LogP contribution in [0.15, 0.2) is 24.3 Å². The smallest absolute Gasteiger partial charge is 0.414 e. The second-order valence-electron chi connectivity index (χ2n) is 3.61. The molecule has 1 heterocycles.